The van der Waals surface area contributed by atoms with Crippen molar-refractivity contribution in [3.63, 3.8) is 0 Å². The molecule has 5 nitrogen and oxygen atoms in total. The van der Waals surface area contributed by atoms with Gasteiger partial charge in [0.25, 0.3) is 0 Å². The predicted molar refractivity (Wildman–Crippen MR) is 197 cm³/mol. The van der Waals surface area contributed by atoms with E-state index in [9.17, 15) is 0 Å². The second-order valence-electron chi connectivity index (χ2n) is 11.5. The van der Waals surface area contributed by atoms with Crippen molar-refractivity contribution >= 4 is 5.70 Å². The van der Waals surface area contributed by atoms with Gasteiger partial charge in [0.2, 0.25) is 0 Å². The minimum atomic E-state index is 0.237. The van der Waals surface area contributed by atoms with Gasteiger partial charge in [0.05, 0.1) is 11.4 Å². The third-order valence-corrected chi connectivity index (χ3v) is 7.27. The predicted octanol–water partition coefficient (Wildman–Crippen LogP) is 9.36. The van der Waals surface area contributed by atoms with Crippen LogP contribution in [0.4, 0.5) is 0 Å². The van der Waals surface area contributed by atoms with E-state index in [0.717, 1.165) is 55.9 Å². The molecule has 248 valence electrons. The van der Waals surface area contributed by atoms with Crippen LogP contribution < -0.4 is 22.2 Å². The molecule has 0 unspecified atom stereocenters. The normalized spacial score (nSPS) is 12.9. The average molecular weight is 598 g/mol. The maximum atomic E-state index is 6.76. The quantitative estimate of drug-likeness (QED) is 0.0920. The minimum absolute atomic E-state index is 0.237. The van der Waals surface area contributed by atoms with Gasteiger partial charge in [-0.05, 0) is 60.6 Å². The first-order chi connectivity index (χ1) is 20.6. The van der Waals surface area contributed by atoms with Crippen LogP contribution in [0, 0.1) is 10.8 Å². The van der Waals surface area contributed by atoms with Crippen molar-refractivity contribution in [2.75, 3.05) is 26.7 Å². The summed E-state index contributed by atoms with van der Waals surface area (Å²) in [4.78, 5) is 0. The number of nitrogens with two attached hydrogens (primary N) is 2. The van der Waals surface area contributed by atoms with Crippen LogP contribution in [0.2, 0.25) is 0 Å². The summed E-state index contributed by atoms with van der Waals surface area (Å²) >= 11 is 0. The van der Waals surface area contributed by atoms with E-state index in [-0.39, 0.29) is 5.41 Å². The first-order valence-corrected chi connectivity index (χ1v) is 16.4. The molecule has 0 bridgehead atoms. The minimum Gasteiger partial charge on any atom is -0.397 e. The highest BCUT2D eigenvalue weighted by Gasteiger charge is 2.24. The van der Waals surface area contributed by atoms with Crippen LogP contribution in [0.15, 0.2) is 80.1 Å². The first kappa shape index (κ1) is 44.8. The highest BCUT2D eigenvalue weighted by molar-refractivity contribution is 5.72. The molecule has 5 heteroatoms. The number of nitrogens with one attached hydrogen (secondary N) is 2. The summed E-state index contributed by atoms with van der Waals surface area (Å²) in [6.45, 7) is 35.0. The summed E-state index contributed by atoms with van der Waals surface area (Å²) in [5, 5.41) is 5.82. The fourth-order valence-electron chi connectivity index (χ4n) is 4.14. The maximum Gasteiger partial charge on any atom is 0.0653 e. The highest BCUT2D eigenvalue weighted by Crippen LogP contribution is 2.33. The van der Waals surface area contributed by atoms with Crippen LogP contribution in [0.5, 0.6) is 0 Å². The maximum absolute atomic E-state index is 6.76. The monoisotopic (exact) mass is 598 g/mol. The van der Waals surface area contributed by atoms with Crippen LogP contribution in [0.25, 0.3) is 5.70 Å². The van der Waals surface area contributed by atoms with Crippen molar-refractivity contribution in [1.82, 2.24) is 15.8 Å². The van der Waals surface area contributed by atoms with Crippen molar-refractivity contribution in [2.24, 2.45) is 22.3 Å². The van der Waals surface area contributed by atoms with Crippen molar-refractivity contribution < 1.29 is 0 Å². The lowest BCUT2D eigenvalue weighted by Gasteiger charge is -2.32. The molecule has 1 aromatic rings. The molecule has 0 saturated carbocycles. The van der Waals surface area contributed by atoms with E-state index in [0.29, 0.717) is 12.0 Å². The smallest absolute Gasteiger partial charge is 0.0653 e. The van der Waals surface area contributed by atoms with E-state index in [2.05, 4.69) is 126 Å². The van der Waals surface area contributed by atoms with Crippen molar-refractivity contribution in [3.05, 3.63) is 91.2 Å². The highest BCUT2D eigenvalue weighted by atomic mass is 15.5. The van der Waals surface area contributed by atoms with Gasteiger partial charge < -0.3 is 16.8 Å². The zero-order valence-electron chi connectivity index (χ0n) is 30.0. The van der Waals surface area contributed by atoms with E-state index in [4.69, 9.17) is 11.5 Å². The molecule has 43 heavy (non-hydrogen) atoms. The van der Waals surface area contributed by atoms with Crippen molar-refractivity contribution in [1.29, 1.82) is 0 Å². The molecule has 0 atom stereocenters. The molecule has 0 amide bonds. The Morgan fingerprint density at radius 2 is 1.53 bits per heavy atom. The third-order valence-electron chi connectivity index (χ3n) is 7.27. The summed E-state index contributed by atoms with van der Waals surface area (Å²) in [5.41, 5.74) is 22.3. The van der Waals surface area contributed by atoms with Gasteiger partial charge in [-0.15, -0.1) is 26.3 Å². The molecule has 6 N–H and O–H groups in total. The summed E-state index contributed by atoms with van der Waals surface area (Å²) in [5.74, 6) is 0. The standard InChI is InChI=1S/C30H51N5.2C2H6.2C2H4/c1-7-29(2,3)18-19-30(4,5)23-34-35(6)22-25-16-11-12-17-26(25)28(33-21-13-20-31)27(32)24-14-9-8-10-15-24;4*1-2/h8-9,11-12,14,16-17,33-34H,7,10,13,15,18-23,31-32H2,1-6H3;2*1-2H3;2*1-2H2/b28-27-;;;;. The van der Waals surface area contributed by atoms with E-state index in [1.165, 1.54) is 30.4 Å². The van der Waals surface area contributed by atoms with Gasteiger partial charge in [0, 0.05) is 32.2 Å². The van der Waals surface area contributed by atoms with Crippen molar-refractivity contribution in [2.45, 2.75) is 107 Å². The lowest BCUT2D eigenvalue weighted by molar-refractivity contribution is 0.156. The van der Waals surface area contributed by atoms with Gasteiger partial charge in [0.15, 0.2) is 0 Å². The topological polar surface area (TPSA) is 79.3 Å². The fourth-order valence-corrected chi connectivity index (χ4v) is 4.14. The Hall–Kier alpha value is -2.60. The van der Waals surface area contributed by atoms with Gasteiger partial charge in [-0.3, -0.25) is 5.43 Å². The van der Waals surface area contributed by atoms with E-state index >= 15 is 0 Å². The molecule has 2 rings (SSSR count). The molecule has 0 saturated heterocycles. The van der Waals surface area contributed by atoms with Crippen LogP contribution in [-0.4, -0.2) is 31.7 Å². The molecule has 0 radical (unpaired) electrons. The Morgan fingerprint density at radius 3 is 2.07 bits per heavy atom. The average Bonchev–Trinajstić information content (AvgIpc) is 3.06. The van der Waals surface area contributed by atoms with Gasteiger partial charge in [0.1, 0.15) is 0 Å². The van der Waals surface area contributed by atoms with Gasteiger partial charge in [-0.2, -0.15) is 0 Å². The molecule has 0 spiro atoms. The van der Waals surface area contributed by atoms with E-state index < -0.39 is 0 Å². The SMILES string of the molecule is C=C.C=C.CC.CC.CCC(C)(C)CCC(C)(C)CNN(C)Cc1ccccc1/C(NCCCN)=C(/N)C1=CC=CCC1. The number of nitrogens with zero attached hydrogens (tertiary/aromatic N) is 1. The fraction of sp³-hybridized carbons (Fsp3) is 0.579. The molecule has 0 aromatic heterocycles. The van der Waals surface area contributed by atoms with E-state index in [1.807, 2.05) is 27.7 Å². The Balaban J connectivity index is -0.00000184. The number of allylic oxidation sites excluding steroid dienone is 4. The Morgan fingerprint density at radius 1 is 0.953 bits per heavy atom. The van der Waals surface area contributed by atoms with Gasteiger partial charge in [-0.1, -0.05) is 111 Å². The Labute approximate surface area is 268 Å². The molecule has 1 aliphatic rings. The largest absolute Gasteiger partial charge is 0.397 e. The molecular formula is C38H71N5. The molecule has 0 fully saturated rings. The molecule has 1 aromatic carbocycles. The van der Waals surface area contributed by atoms with Crippen LogP contribution >= 0.6 is 0 Å². The Bertz CT molecular complexity index is 909. The zero-order chi connectivity index (χ0) is 33.9. The van der Waals surface area contributed by atoms with Crippen LogP contribution in [-0.2, 0) is 6.54 Å². The molecular weight excluding hydrogens is 526 g/mol. The van der Waals surface area contributed by atoms with Crippen molar-refractivity contribution in [3.8, 4) is 0 Å². The second kappa shape index (κ2) is 27.0. The lowest BCUT2D eigenvalue weighted by atomic mass is 9.78. The first-order valence-electron chi connectivity index (χ1n) is 16.4. The van der Waals surface area contributed by atoms with Gasteiger partial charge >= 0.3 is 0 Å². The molecule has 0 heterocycles. The second-order valence-corrected chi connectivity index (χ2v) is 11.5. The Kier molecular flexibility index (Phi) is 28.1. The summed E-state index contributed by atoms with van der Waals surface area (Å²) in [6.07, 6.45) is 13.0. The summed E-state index contributed by atoms with van der Waals surface area (Å²) < 4.78 is 0. The van der Waals surface area contributed by atoms with Crippen LogP contribution in [0.1, 0.15) is 112 Å². The lowest BCUT2D eigenvalue weighted by Crippen LogP contribution is -2.40. The number of hydrazine groups is 1. The summed E-state index contributed by atoms with van der Waals surface area (Å²) in [6, 6.07) is 8.59. The third kappa shape index (κ3) is 19.3. The number of rotatable bonds is 15. The zero-order valence-corrected chi connectivity index (χ0v) is 30.0. The molecule has 0 aliphatic heterocycles. The van der Waals surface area contributed by atoms with E-state index in [1.54, 1.807) is 0 Å². The van der Waals surface area contributed by atoms with Crippen LogP contribution in [0.3, 0.4) is 0 Å². The number of hydrogen-bond acceptors (Lipinski definition) is 5. The number of hydrogen-bond donors (Lipinski definition) is 4. The number of benzene rings is 1. The van der Waals surface area contributed by atoms with Gasteiger partial charge in [-0.25, -0.2) is 5.01 Å². The summed E-state index contributed by atoms with van der Waals surface area (Å²) in [7, 11) is 2.13. The molecule has 1 aliphatic carbocycles.